The summed E-state index contributed by atoms with van der Waals surface area (Å²) in [5, 5.41) is 6.84. The molecule has 2 saturated heterocycles. The fourth-order valence-corrected chi connectivity index (χ4v) is 3.59. The molecule has 6 nitrogen and oxygen atoms in total. The maximum Gasteiger partial charge on any atom is 0.222 e. The molecule has 1 atom stereocenters. The van der Waals surface area contributed by atoms with Crippen molar-refractivity contribution in [2.45, 2.75) is 52.0 Å². The minimum absolute atomic E-state index is 0. The molecule has 0 radical (unpaired) electrons. The number of carbonyl (C=O) groups is 1. The van der Waals surface area contributed by atoms with E-state index < -0.39 is 0 Å². The van der Waals surface area contributed by atoms with E-state index in [1.54, 1.807) is 0 Å². The van der Waals surface area contributed by atoms with Crippen LogP contribution in [0.15, 0.2) is 4.99 Å². The summed E-state index contributed by atoms with van der Waals surface area (Å²) in [5.74, 6) is 1.96. The summed E-state index contributed by atoms with van der Waals surface area (Å²) in [7, 11) is 1.88. The van der Waals surface area contributed by atoms with Gasteiger partial charge in [0.2, 0.25) is 5.91 Å². The average molecular weight is 465 g/mol. The second-order valence-electron chi connectivity index (χ2n) is 7.08. The number of piperidine rings is 2. The number of carbonyl (C=O) groups excluding carboxylic acids is 1. The Bertz CT molecular complexity index is 424. The van der Waals surface area contributed by atoms with Gasteiger partial charge < -0.3 is 20.4 Å². The standard InChI is InChI=1S/C18H35N5O.HI/c1-4-19-18(21-16-6-7-17(24)22(3)14-16)20-11-8-15-9-12-23(5-2)13-10-15;/h15-16H,4-14H2,1-3H3,(H2,19,20,21);1H. The lowest BCUT2D eigenvalue weighted by Gasteiger charge is -2.31. The van der Waals surface area contributed by atoms with Crippen molar-refractivity contribution in [2.75, 3.05) is 46.3 Å². The highest BCUT2D eigenvalue weighted by atomic mass is 127. The Labute approximate surface area is 170 Å². The molecule has 1 unspecified atom stereocenters. The lowest BCUT2D eigenvalue weighted by molar-refractivity contribution is -0.132. The fourth-order valence-electron chi connectivity index (χ4n) is 3.59. The molecule has 2 N–H and O–H groups in total. The second kappa shape index (κ2) is 11.9. The molecule has 2 fully saturated rings. The van der Waals surface area contributed by atoms with E-state index in [0.717, 1.165) is 37.9 Å². The Morgan fingerprint density at radius 3 is 2.56 bits per heavy atom. The molecule has 0 aliphatic carbocycles. The van der Waals surface area contributed by atoms with Gasteiger partial charge in [-0.15, -0.1) is 24.0 Å². The van der Waals surface area contributed by atoms with Gasteiger partial charge in [-0.25, -0.2) is 0 Å². The molecule has 0 bridgehead atoms. The van der Waals surface area contributed by atoms with Crippen molar-refractivity contribution in [2.24, 2.45) is 10.9 Å². The van der Waals surface area contributed by atoms with E-state index in [0.29, 0.717) is 12.5 Å². The van der Waals surface area contributed by atoms with Crippen LogP contribution in [0.4, 0.5) is 0 Å². The van der Waals surface area contributed by atoms with Crippen LogP contribution in [-0.4, -0.2) is 74.0 Å². The number of rotatable bonds is 6. The summed E-state index contributed by atoms with van der Waals surface area (Å²) in [6, 6.07) is 0.304. The smallest absolute Gasteiger partial charge is 0.222 e. The Kier molecular flexibility index (Phi) is 10.7. The number of hydrogen-bond donors (Lipinski definition) is 2. The molecule has 0 saturated carbocycles. The van der Waals surface area contributed by atoms with E-state index in [9.17, 15) is 4.79 Å². The SMILES string of the molecule is CCNC(=NCCC1CCN(CC)CC1)NC1CCC(=O)N(C)C1.I. The lowest BCUT2D eigenvalue weighted by atomic mass is 9.94. The first-order valence-corrected chi connectivity index (χ1v) is 9.63. The lowest BCUT2D eigenvalue weighted by Crippen LogP contribution is -2.51. The van der Waals surface area contributed by atoms with Crippen molar-refractivity contribution in [3.8, 4) is 0 Å². The van der Waals surface area contributed by atoms with Gasteiger partial charge in [0, 0.05) is 39.1 Å². The zero-order valence-electron chi connectivity index (χ0n) is 16.1. The summed E-state index contributed by atoms with van der Waals surface area (Å²) >= 11 is 0. The third-order valence-corrected chi connectivity index (χ3v) is 5.27. The molecule has 0 spiro atoms. The molecule has 0 aromatic carbocycles. The van der Waals surface area contributed by atoms with Crippen LogP contribution in [0.1, 0.15) is 46.0 Å². The van der Waals surface area contributed by atoms with Gasteiger partial charge in [-0.3, -0.25) is 9.79 Å². The number of likely N-dealkylation sites (tertiary alicyclic amines) is 2. The predicted octanol–water partition coefficient (Wildman–Crippen LogP) is 1.90. The van der Waals surface area contributed by atoms with Crippen molar-refractivity contribution < 1.29 is 4.79 Å². The molecule has 7 heteroatoms. The van der Waals surface area contributed by atoms with Crippen molar-refractivity contribution >= 4 is 35.8 Å². The van der Waals surface area contributed by atoms with Gasteiger partial charge in [-0.2, -0.15) is 0 Å². The molecule has 2 rings (SSSR count). The van der Waals surface area contributed by atoms with Crippen LogP contribution >= 0.6 is 24.0 Å². The fraction of sp³-hybridized carbons (Fsp3) is 0.889. The number of guanidine groups is 1. The predicted molar refractivity (Wildman–Crippen MR) is 115 cm³/mol. The first kappa shape index (κ1) is 22.5. The van der Waals surface area contributed by atoms with Crippen LogP contribution in [0.3, 0.4) is 0 Å². The largest absolute Gasteiger partial charge is 0.357 e. The van der Waals surface area contributed by atoms with E-state index in [1.807, 2.05) is 11.9 Å². The first-order chi connectivity index (χ1) is 11.6. The van der Waals surface area contributed by atoms with Crippen molar-refractivity contribution in [3.05, 3.63) is 0 Å². The van der Waals surface area contributed by atoms with E-state index in [-0.39, 0.29) is 29.9 Å². The number of nitrogens with one attached hydrogen (secondary N) is 2. The van der Waals surface area contributed by atoms with E-state index >= 15 is 0 Å². The Morgan fingerprint density at radius 1 is 1.24 bits per heavy atom. The van der Waals surface area contributed by atoms with Crippen molar-refractivity contribution in [1.29, 1.82) is 0 Å². The first-order valence-electron chi connectivity index (χ1n) is 9.63. The topological polar surface area (TPSA) is 60.0 Å². The highest BCUT2D eigenvalue weighted by Crippen LogP contribution is 2.20. The average Bonchev–Trinajstić information content (AvgIpc) is 2.59. The van der Waals surface area contributed by atoms with Gasteiger partial charge in [-0.05, 0) is 58.2 Å². The molecule has 2 aliphatic heterocycles. The zero-order chi connectivity index (χ0) is 17.4. The monoisotopic (exact) mass is 465 g/mol. The third-order valence-electron chi connectivity index (χ3n) is 5.27. The molecule has 0 aromatic heterocycles. The molecular formula is C18H36IN5O. The number of aliphatic imine (C=N–C) groups is 1. The number of nitrogens with zero attached hydrogens (tertiary/aromatic N) is 3. The number of amides is 1. The van der Waals surface area contributed by atoms with Crippen molar-refractivity contribution in [1.82, 2.24) is 20.4 Å². The van der Waals surface area contributed by atoms with Gasteiger partial charge >= 0.3 is 0 Å². The van der Waals surface area contributed by atoms with Gasteiger partial charge in [0.1, 0.15) is 0 Å². The number of likely N-dealkylation sites (N-methyl/N-ethyl adjacent to an activating group) is 1. The normalized spacial score (nSPS) is 23.3. The van der Waals surface area contributed by atoms with Crippen LogP contribution in [-0.2, 0) is 4.79 Å². The highest BCUT2D eigenvalue weighted by molar-refractivity contribution is 14.0. The van der Waals surface area contributed by atoms with Crippen LogP contribution in [0.2, 0.25) is 0 Å². The van der Waals surface area contributed by atoms with Gasteiger partial charge in [-0.1, -0.05) is 6.92 Å². The van der Waals surface area contributed by atoms with E-state index in [1.165, 1.54) is 38.9 Å². The maximum absolute atomic E-state index is 11.6. The molecule has 146 valence electrons. The summed E-state index contributed by atoms with van der Waals surface area (Å²) in [5.41, 5.74) is 0. The van der Waals surface area contributed by atoms with E-state index in [4.69, 9.17) is 4.99 Å². The molecule has 1 amide bonds. The quantitative estimate of drug-likeness (QED) is 0.358. The van der Waals surface area contributed by atoms with Gasteiger partial charge in [0.05, 0.1) is 0 Å². The molecule has 25 heavy (non-hydrogen) atoms. The molecule has 2 aliphatic rings. The van der Waals surface area contributed by atoms with Crippen LogP contribution in [0.5, 0.6) is 0 Å². The Hall–Kier alpha value is -0.570. The summed E-state index contributed by atoms with van der Waals surface area (Å²) in [6.45, 7) is 10.5. The van der Waals surface area contributed by atoms with E-state index in [2.05, 4.69) is 29.4 Å². The Morgan fingerprint density at radius 2 is 1.96 bits per heavy atom. The summed E-state index contributed by atoms with van der Waals surface area (Å²) < 4.78 is 0. The molecular weight excluding hydrogens is 429 g/mol. The van der Waals surface area contributed by atoms with Gasteiger partial charge in [0.25, 0.3) is 0 Å². The third kappa shape index (κ3) is 7.68. The number of hydrogen-bond acceptors (Lipinski definition) is 3. The zero-order valence-corrected chi connectivity index (χ0v) is 18.4. The van der Waals surface area contributed by atoms with Crippen molar-refractivity contribution in [3.63, 3.8) is 0 Å². The summed E-state index contributed by atoms with van der Waals surface area (Å²) in [4.78, 5) is 20.7. The molecule has 2 heterocycles. The second-order valence-corrected chi connectivity index (χ2v) is 7.08. The minimum atomic E-state index is 0. The summed E-state index contributed by atoms with van der Waals surface area (Å²) in [6.07, 6.45) is 5.32. The maximum atomic E-state index is 11.6. The number of halogens is 1. The van der Waals surface area contributed by atoms with Crippen LogP contribution in [0.25, 0.3) is 0 Å². The van der Waals surface area contributed by atoms with Crippen LogP contribution < -0.4 is 10.6 Å². The Balaban J connectivity index is 0.00000312. The molecule has 0 aromatic rings. The highest BCUT2D eigenvalue weighted by Gasteiger charge is 2.23. The van der Waals surface area contributed by atoms with Gasteiger partial charge in [0.15, 0.2) is 5.96 Å². The minimum Gasteiger partial charge on any atom is -0.357 e. The van der Waals surface area contributed by atoms with Crippen LogP contribution in [0, 0.1) is 5.92 Å².